The zero-order valence-corrected chi connectivity index (χ0v) is 22.4. The van der Waals surface area contributed by atoms with Gasteiger partial charge in [0, 0.05) is 23.1 Å². The lowest BCUT2D eigenvalue weighted by Gasteiger charge is -2.39. The largest absolute Gasteiger partial charge is 0.493 e. The molecule has 2 aliphatic rings. The smallest absolute Gasteiger partial charge is 0.163 e. The van der Waals surface area contributed by atoms with Gasteiger partial charge in [0.05, 0.1) is 29.6 Å². The summed E-state index contributed by atoms with van der Waals surface area (Å²) in [6.07, 6.45) is 5.16. The molecule has 3 aromatic rings. The molecule has 6 nitrogen and oxygen atoms in total. The summed E-state index contributed by atoms with van der Waals surface area (Å²) >= 11 is 6.03. The Bertz CT molecular complexity index is 1370. The van der Waals surface area contributed by atoms with Crippen molar-refractivity contribution in [1.29, 1.82) is 0 Å². The zero-order chi connectivity index (χ0) is 27.1. The number of rotatable bonds is 10. The van der Waals surface area contributed by atoms with Gasteiger partial charge in [-0.05, 0) is 99.5 Å². The molecule has 2 fully saturated rings. The summed E-state index contributed by atoms with van der Waals surface area (Å²) in [5.41, 5.74) is 7.62. The van der Waals surface area contributed by atoms with E-state index >= 15 is 0 Å². The van der Waals surface area contributed by atoms with Gasteiger partial charge in [0.2, 0.25) is 0 Å². The first-order chi connectivity index (χ1) is 18.1. The number of hydrogen-bond acceptors (Lipinski definition) is 6. The van der Waals surface area contributed by atoms with E-state index in [-0.39, 0.29) is 29.8 Å². The van der Waals surface area contributed by atoms with Crippen LogP contribution in [-0.2, 0) is 11.1 Å². The van der Waals surface area contributed by atoms with Gasteiger partial charge in [-0.2, -0.15) is 0 Å². The monoisotopic (exact) mass is 538 g/mol. The SMILES string of the molecule is COc1cc(C(=O)CCC(C)(O)c2cc(C3(N)CCC3)cc(-c3ccc(F)c(Cl)c3)n2)ccc1OC1CC1. The van der Waals surface area contributed by atoms with E-state index in [1.54, 1.807) is 38.3 Å². The van der Waals surface area contributed by atoms with Gasteiger partial charge in [0.1, 0.15) is 11.4 Å². The van der Waals surface area contributed by atoms with Crippen molar-refractivity contribution in [3.8, 4) is 22.8 Å². The van der Waals surface area contributed by atoms with E-state index in [0.717, 1.165) is 37.7 Å². The maximum Gasteiger partial charge on any atom is 0.163 e. The maximum absolute atomic E-state index is 13.8. The third kappa shape index (κ3) is 5.55. The molecule has 3 N–H and O–H groups in total. The van der Waals surface area contributed by atoms with Crippen LogP contribution in [0, 0.1) is 5.82 Å². The fourth-order valence-electron chi connectivity index (χ4n) is 4.68. The van der Waals surface area contributed by atoms with Gasteiger partial charge in [-0.3, -0.25) is 4.79 Å². The quantitative estimate of drug-likeness (QED) is 0.294. The summed E-state index contributed by atoms with van der Waals surface area (Å²) in [7, 11) is 1.55. The summed E-state index contributed by atoms with van der Waals surface area (Å²) in [5, 5.41) is 11.5. The number of carbonyl (C=O) groups is 1. The highest BCUT2D eigenvalue weighted by Gasteiger charge is 2.37. The number of hydrogen-bond donors (Lipinski definition) is 2. The minimum absolute atomic E-state index is 0.0105. The third-order valence-electron chi connectivity index (χ3n) is 7.56. The number of pyridine rings is 1. The second-order valence-electron chi connectivity index (χ2n) is 10.6. The van der Waals surface area contributed by atoms with Crippen molar-refractivity contribution < 1.29 is 23.8 Å². The molecule has 0 spiro atoms. The van der Waals surface area contributed by atoms with Gasteiger partial charge in [0.15, 0.2) is 17.3 Å². The van der Waals surface area contributed by atoms with Crippen LogP contribution < -0.4 is 15.2 Å². The van der Waals surface area contributed by atoms with E-state index in [1.165, 1.54) is 12.1 Å². The normalized spacial score (nSPS) is 17.8. The van der Waals surface area contributed by atoms with Crippen LogP contribution in [0.2, 0.25) is 5.02 Å². The first kappa shape index (κ1) is 26.6. The summed E-state index contributed by atoms with van der Waals surface area (Å²) in [4.78, 5) is 17.8. The molecule has 2 aliphatic carbocycles. The predicted octanol–water partition coefficient (Wildman–Crippen LogP) is 6.30. The van der Waals surface area contributed by atoms with E-state index in [1.807, 2.05) is 12.1 Å². The maximum atomic E-state index is 13.8. The lowest BCUT2D eigenvalue weighted by Crippen LogP contribution is -2.43. The average molecular weight is 539 g/mol. The molecule has 1 aromatic heterocycles. The lowest BCUT2D eigenvalue weighted by atomic mass is 9.72. The zero-order valence-electron chi connectivity index (χ0n) is 21.6. The standard InChI is InChI=1S/C30H32ClFN2O4/c1-29(36,13-10-25(35)19-5-9-26(27(15-19)37-2)38-21-6-7-21)28-17-20(30(33)11-3-12-30)16-24(34-28)18-4-8-23(32)22(31)14-18/h4-5,8-9,14-17,21,36H,3,6-7,10-13,33H2,1-2H3. The molecule has 8 heteroatoms. The van der Waals surface area contributed by atoms with E-state index in [9.17, 15) is 14.3 Å². The Labute approximate surface area is 226 Å². The molecule has 0 saturated heterocycles. The minimum Gasteiger partial charge on any atom is -0.493 e. The Hall–Kier alpha value is -3.00. The van der Waals surface area contributed by atoms with Crippen molar-refractivity contribution in [1.82, 2.24) is 4.98 Å². The van der Waals surface area contributed by atoms with Crippen molar-refractivity contribution in [3.63, 3.8) is 0 Å². The number of Topliss-reactive ketones (excluding diaryl/α,β-unsaturated/α-hetero) is 1. The van der Waals surface area contributed by atoms with Crippen LogP contribution in [-0.4, -0.2) is 29.1 Å². The molecule has 38 heavy (non-hydrogen) atoms. The molecular weight excluding hydrogens is 507 g/mol. The Balaban J connectivity index is 1.39. The highest BCUT2D eigenvalue weighted by Crippen LogP contribution is 2.42. The number of aliphatic hydroxyl groups is 1. The van der Waals surface area contributed by atoms with Crippen molar-refractivity contribution >= 4 is 17.4 Å². The summed E-state index contributed by atoms with van der Waals surface area (Å²) < 4.78 is 25.1. The van der Waals surface area contributed by atoms with Crippen LogP contribution in [0.1, 0.15) is 73.5 Å². The van der Waals surface area contributed by atoms with E-state index in [0.29, 0.717) is 34.0 Å². The number of nitrogens with zero attached hydrogens (tertiary/aromatic N) is 1. The summed E-state index contributed by atoms with van der Waals surface area (Å²) in [5.74, 6) is 0.493. The molecule has 1 unspecified atom stereocenters. The molecule has 0 bridgehead atoms. The molecule has 200 valence electrons. The number of halogens is 2. The lowest BCUT2D eigenvalue weighted by molar-refractivity contribution is 0.0395. The Morgan fingerprint density at radius 2 is 1.95 bits per heavy atom. The van der Waals surface area contributed by atoms with E-state index in [4.69, 9.17) is 31.8 Å². The molecule has 5 rings (SSSR count). The number of methoxy groups -OCH3 is 1. The molecule has 0 radical (unpaired) electrons. The summed E-state index contributed by atoms with van der Waals surface area (Å²) in [6, 6.07) is 13.3. The molecular formula is C30H32ClFN2O4. The number of ketones is 1. The molecule has 1 atom stereocenters. The van der Waals surface area contributed by atoms with Crippen LogP contribution >= 0.6 is 11.6 Å². The average Bonchev–Trinajstić information content (AvgIpc) is 3.71. The van der Waals surface area contributed by atoms with E-state index in [2.05, 4.69) is 0 Å². The highest BCUT2D eigenvalue weighted by molar-refractivity contribution is 6.31. The van der Waals surface area contributed by atoms with Crippen molar-refractivity contribution in [2.45, 2.75) is 69.1 Å². The molecule has 2 aromatic carbocycles. The molecule has 0 amide bonds. The van der Waals surface area contributed by atoms with Crippen LogP contribution in [0.5, 0.6) is 11.5 Å². The fourth-order valence-corrected chi connectivity index (χ4v) is 4.86. The van der Waals surface area contributed by atoms with Gasteiger partial charge in [0.25, 0.3) is 0 Å². The molecule has 2 saturated carbocycles. The van der Waals surface area contributed by atoms with Crippen LogP contribution in [0.3, 0.4) is 0 Å². The number of ether oxygens (including phenoxy) is 2. The second-order valence-corrected chi connectivity index (χ2v) is 11.1. The molecule has 1 heterocycles. The third-order valence-corrected chi connectivity index (χ3v) is 7.85. The topological polar surface area (TPSA) is 94.7 Å². The van der Waals surface area contributed by atoms with Gasteiger partial charge in [-0.15, -0.1) is 0 Å². The first-order valence-electron chi connectivity index (χ1n) is 13.0. The van der Waals surface area contributed by atoms with Crippen LogP contribution in [0.15, 0.2) is 48.5 Å². The predicted molar refractivity (Wildman–Crippen MR) is 144 cm³/mol. The Morgan fingerprint density at radius 3 is 2.58 bits per heavy atom. The van der Waals surface area contributed by atoms with Gasteiger partial charge in [-0.1, -0.05) is 11.6 Å². The highest BCUT2D eigenvalue weighted by atomic mass is 35.5. The number of carbonyl (C=O) groups excluding carboxylic acids is 1. The molecule has 0 aliphatic heterocycles. The first-order valence-corrected chi connectivity index (χ1v) is 13.3. The Kier molecular flexibility index (Phi) is 7.20. The summed E-state index contributed by atoms with van der Waals surface area (Å²) in [6.45, 7) is 1.64. The van der Waals surface area contributed by atoms with E-state index < -0.39 is 17.0 Å². The number of nitrogens with two attached hydrogens (primary N) is 1. The van der Waals surface area contributed by atoms with Crippen molar-refractivity contribution in [2.75, 3.05) is 7.11 Å². The number of benzene rings is 2. The van der Waals surface area contributed by atoms with Crippen LogP contribution in [0.25, 0.3) is 11.3 Å². The Morgan fingerprint density at radius 1 is 1.18 bits per heavy atom. The van der Waals surface area contributed by atoms with Gasteiger partial charge >= 0.3 is 0 Å². The second kappa shape index (κ2) is 10.3. The van der Waals surface area contributed by atoms with Gasteiger partial charge < -0.3 is 20.3 Å². The van der Waals surface area contributed by atoms with Crippen molar-refractivity contribution in [3.05, 3.63) is 76.2 Å². The van der Waals surface area contributed by atoms with Gasteiger partial charge in [-0.25, -0.2) is 9.37 Å². The van der Waals surface area contributed by atoms with Crippen molar-refractivity contribution in [2.24, 2.45) is 5.73 Å². The van der Waals surface area contributed by atoms with Crippen LogP contribution in [0.4, 0.5) is 4.39 Å². The fraction of sp³-hybridized carbons (Fsp3) is 0.400. The number of aromatic nitrogens is 1. The minimum atomic E-state index is -1.41.